The van der Waals surface area contributed by atoms with E-state index in [-0.39, 0.29) is 0 Å². The van der Waals surface area contributed by atoms with Gasteiger partial charge >= 0.3 is 0 Å². The summed E-state index contributed by atoms with van der Waals surface area (Å²) in [4.78, 5) is 0. The van der Waals surface area contributed by atoms with Gasteiger partial charge < -0.3 is 0 Å². The third kappa shape index (κ3) is 4.04. The van der Waals surface area contributed by atoms with Gasteiger partial charge in [0.05, 0.1) is 0 Å². The van der Waals surface area contributed by atoms with Crippen LogP contribution in [0, 0.1) is 0 Å². The number of hydrogen-bond acceptors (Lipinski definition) is 3. The summed E-state index contributed by atoms with van der Waals surface area (Å²) >= 11 is 0. The summed E-state index contributed by atoms with van der Waals surface area (Å²) in [5, 5.41) is 0. The van der Waals surface area contributed by atoms with E-state index in [2.05, 4.69) is 42.7 Å². The predicted molar refractivity (Wildman–Crippen MR) is 59.0 cm³/mol. The average Bonchev–Trinajstić information content (AvgIpc) is 2.05. The number of benzene rings is 1. The molecule has 0 amide bonds. The molecular formula is C9H13NS2. The Kier molecular flexibility index (Phi) is 4.58. The van der Waals surface area contributed by atoms with Crippen LogP contribution < -0.4 is 0 Å². The highest BCUT2D eigenvalue weighted by Gasteiger charge is 1.93. The molecule has 0 fully saturated rings. The zero-order valence-corrected chi connectivity index (χ0v) is 8.99. The molecule has 12 heavy (non-hydrogen) atoms. The van der Waals surface area contributed by atoms with E-state index in [0.717, 1.165) is 5.75 Å². The minimum absolute atomic E-state index is 1.07. The molecule has 0 saturated carbocycles. The molecule has 0 radical (unpaired) electrons. The van der Waals surface area contributed by atoms with Gasteiger partial charge in [0.15, 0.2) is 0 Å². The molecule has 0 bridgehead atoms. The highest BCUT2D eigenvalue weighted by atomic mass is 33.1. The monoisotopic (exact) mass is 199 g/mol. The van der Waals surface area contributed by atoms with Crippen molar-refractivity contribution in [2.24, 2.45) is 0 Å². The zero-order valence-electron chi connectivity index (χ0n) is 7.36. The summed E-state index contributed by atoms with van der Waals surface area (Å²) in [6.07, 6.45) is 0. The Hall–Kier alpha value is -0.120. The van der Waals surface area contributed by atoms with Gasteiger partial charge in [0.25, 0.3) is 0 Å². The second-order valence-electron chi connectivity index (χ2n) is 2.63. The first-order chi connectivity index (χ1) is 5.79. The second kappa shape index (κ2) is 5.51. The molecule has 0 saturated heterocycles. The average molecular weight is 199 g/mol. The third-order valence-corrected chi connectivity index (χ3v) is 3.69. The van der Waals surface area contributed by atoms with Crippen molar-refractivity contribution in [2.45, 2.75) is 5.75 Å². The largest absolute Gasteiger partial charge is 0.247 e. The first-order valence-electron chi connectivity index (χ1n) is 3.80. The van der Waals surface area contributed by atoms with E-state index in [9.17, 15) is 0 Å². The van der Waals surface area contributed by atoms with Crippen LogP contribution in [0.4, 0.5) is 0 Å². The second-order valence-corrected chi connectivity index (χ2v) is 5.19. The van der Waals surface area contributed by atoms with Gasteiger partial charge in [-0.05, 0) is 30.6 Å². The van der Waals surface area contributed by atoms with Gasteiger partial charge in [0, 0.05) is 5.75 Å². The number of hydrogen-bond donors (Lipinski definition) is 0. The van der Waals surface area contributed by atoms with E-state index in [4.69, 9.17) is 0 Å². The first-order valence-corrected chi connectivity index (χ1v) is 6.07. The summed E-state index contributed by atoms with van der Waals surface area (Å²) in [5.41, 5.74) is 1.39. The van der Waals surface area contributed by atoms with Crippen LogP contribution in [-0.4, -0.2) is 18.4 Å². The van der Waals surface area contributed by atoms with Crippen molar-refractivity contribution in [3.63, 3.8) is 0 Å². The Labute approximate surface area is 82.1 Å². The van der Waals surface area contributed by atoms with Crippen molar-refractivity contribution in [1.82, 2.24) is 4.31 Å². The fourth-order valence-corrected chi connectivity index (χ4v) is 2.56. The van der Waals surface area contributed by atoms with Crippen molar-refractivity contribution in [3.05, 3.63) is 35.9 Å². The quantitative estimate of drug-likeness (QED) is 0.542. The van der Waals surface area contributed by atoms with Crippen molar-refractivity contribution < 1.29 is 0 Å². The fourth-order valence-electron chi connectivity index (χ4n) is 0.774. The topological polar surface area (TPSA) is 3.24 Å². The molecule has 1 aromatic carbocycles. The lowest BCUT2D eigenvalue weighted by Crippen LogP contribution is -1.95. The van der Waals surface area contributed by atoms with E-state index >= 15 is 0 Å². The molecule has 1 nitrogen and oxygen atoms in total. The molecule has 0 aliphatic heterocycles. The zero-order chi connectivity index (χ0) is 8.81. The van der Waals surface area contributed by atoms with Crippen LogP contribution >= 0.6 is 21.8 Å². The SMILES string of the molecule is CN(C)SSCc1ccccc1. The van der Waals surface area contributed by atoms with Gasteiger partial charge in [-0.2, -0.15) is 0 Å². The van der Waals surface area contributed by atoms with Gasteiger partial charge in [-0.15, -0.1) is 0 Å². The molecular weight excluding hydrogens is 186 g/mol. The first kappa shape index (κ1) is 9.96. The lowest BCUT2D eigenvalue weighted by atomic mass is 10.2. The lowest BCUT2D eigenvalue weighted by Gasteiger charge is -2.06. The van der Waals surface area contributed by atoms with E-state index in [1.54, 1.807) is 11.0 Å². The van der Waals surface area contributed by atoms with Crippen molar-refractivity contribution in [1.29, 1.82) is 0 Å². The van der Waals surface area contributed by atoms with Gasteiger partial charge in [0.1, 0.15) is 0 Å². The standard InChI is InChI=1S/C9H13NS2/c1-10(2)12-11-8-9-6-4-3-5-7-9/h3-7H,8H2,1-2H3. The summed E-state index contributed by atoms with van der Waals surface area (Å²) in [7, 11) is 7.75. The van der Waals surface area contributed by atoms with Crippen LogP contribution in [0.3, 0.4) is 0 Å². The van der Waals surface area contributed by atoms with Crippen LogP contribution in [-0.2, 0) is 5.75 Å². The Balaban J connectivity index is 2.25. The molecule has 1 rings (SSSR count). The molecule has 0 heterocycles. The van der Waals surface area contributed by atoms with Gasteiger partial charge in [-0.25, -0.2) is 4.31 Å². The predicted octanol–water partition coefficient (Wildman–Crippen LogP) is 3.04. The number of rotatable bonds is 4. The maximum atomic E-state index is 2.16. The smallest absolute Gasteiger partial charge is 0.0301 e. The van der Waals surface area contributed by atoms with Crippen LogP contribution in [0.5, 0.6) is 0 Å². The summed E-state index contributed by atoms with van der Waals surface area (Å²) < 4.78 is 2.10. The van der Waals surface area contributed by atoms with Gasteiger partial charge in [-0.1, -0.05) is 41.1 Å². The van der Waals surface area contributed by atoms with Crippen LogP contribution in [0.2, 0.25) is 0 Å². The van der Waals surface area contributed by atoms with Crippen molar-refractivity contribution >= 4 is 21.8 Å². The minimum atomic E-state index is 1.07. The van der Waals surface area contributed by atoms with E-state index in [1.165, 1.54) is 5.56 Å². The maximum absolute atomic E-state index is 2.16. The molecule has 0 unspecified atom stereocenters. The molecule has 0 aromatic heterocycles. The van der Waals surface area contributed by atoms with E-state index < -0.39 is 0 Å². The van der Waals surface area contributed by atoms with Crippen molar-refractivity contribution in [3.8, 4) is 0 Å². The molecule has 0 N–H and O–H groups in total. The highest BCUT2D eigenvalue weighted by Crippen LogP contribution is 2.26. The van der Waals surface area contributed by atoms with Crippen LogP contribution in [0.1, 0.15) is 5.56 Å². The molecule has 3 heteroatoms. The van der Waals surface area contributed by atoms with Gasteiger partial charge in [-0.3, -0.25) is 0 Å². The Morgan fingerprint density at radius 3 is 2.42 bits per heavy atom. The summed E-state index contributed by atoms with van der Waals surface area (Å²) in [6.45, 7) is 0. The lowest BCUT2D eigenvalue weighted by molar-refractivity contribution is 0.711. The molecule has 66 valence electrons. The number of nitrogens with zero attached hydrogens (tertiary/aromatic N) is 1. The van der Waals surface area contributed by atoms with E-state index in [0.29, 0.717) is 0 Å². The summed E-state index contributed by atoms with van der Waals surface area (Å²) in [5.74, 6) is 1.07. The molecule has 0 atom stereocenters. The summed E-state index contributed by atoms with van der Waals surface area (Å²) in [6, 6.07) is 10.5. The third-order valence-electron chi connectivity index (χ3n) is 1.27. The Bertz CT molecular complexity index is 211. The normalized spacial score (nSPS) is 10.6. The Morgan fingerprint density at radius 2 is 1.83 bits per heavy atom. The van der Waals surface area contributed by atoms with E-state index in [1.807, 2.05) is 16.9 Å². The molecule has 0 aliphatic rings. The fraction of sp³-hybridized carbons (Fsp3) is 0.333. The maximum Gasteiger partial charge on any atom is 0.0301 e. The van der Waals surface area contributed by atoms with Gasteiger partial charge in [0.2, 0.25) is 0 Å². The Morgan fingerprint density at radius 1 is 1.17 bits per heavy atom. The molecule has 0 spiro atoms. The highest BCUT2D eigenvalue weighted by molar-refractivity contribution is 8.75. The van der Waals surface area contributed by atoms with Crippen LogP contribution in [0.15, 0.2) is 30.3 Å². The van der Waals surface area contributed by atoms with Crippen molar-refractivity contribution in [2.75, 3.05) is 14.1 Å². The minimum Gasteiger partial charge on any atom is -0.247 e. The molecule has 0 aliphatic carbocycles. The molecule has 1 aromatic rings. The van der Waals surface area contributed by atoms with Crippen LogP contribution in [0.25, 0.3) is 0 Å².